The van der Waals surface area contributed by atoms with Gasteiger partial charge in [0.05, 0.1) is 4.90 Å². The van der Waals surface area contributed by atoms with E-state index in [4.69, 9.17) is 0 Å². The first kappa shape index (κ1) is 36.6. The normalized spacial score (nSPS) is 11.7. The fraction of sp³-hybridized carbons (Fsp3) is 0.706. The van der Waals surface area contributed by atoms with Gasteiger partial charge < -0.3 is 4.55 Å². The maximum absolute atomic E-state index is 12.2. The summed E-state index contributed by atoms with van der Waals surface area (Å²) in [6.07, 6.45) is 27.3. The van der Waals surface area contributed by atoms with E-state index < -0.39 is 10.1 Å². The zero-order valence-electron chi connectivity index (χ0n) is 25.6. The number of hydrogen-bond donors (Lipinski definition) is 0. The van der Waals surface area contributed by atoms with Gasteiger partial charge in [0.25, 0.3) is 0 Å². The van der Waals surface area contributed by atoms with E-state index in [9.17, 15) is 13.0 Å². The first-order valence-electron chi connectivity index (χ1n) is 16.0. The second-order valence-electron chi connectivity index (χ2n) is 11.4. The van der Waals surface area contributed by atoms with Crippen molar-refractivity contribution >= 4 is 20.9 Å². The van der Waals surface area contributed by atoms with Gasteiger partial charge in [0, 0.05) is 0 Å². The van der Waals surface area contributed by atoms with Gasteiger partial charge in [-0.1, -0.05) is 160 Å². The van der Waals surface area contributed by atoms with E-state index in [1.807, 2.05) is 24.3 Å². The van der Waals surface area contributed by atoms with Crippen LogP contribution < -0.4 is 29.6 Å². The summed E-state index contributed by atoms with van der Waals surface area (Å²) in [7, 11) is -4.52. The van der Waals surface area contributed by atoms with E-state index in [-0.39, 0.29) is 34.5 Å². The van der Waals surface area contributed by atoms with Gasteiger partial charge in [0.1, 0.15) is 10.1 Å². The van der Waals surface area contributed by atoms with Gasteiger partial charge in [-0.3, -0.25) is 0 Å². The first-order chi connectivity index (χ1) is 18.5. The van der Waals surface area contributed by atoms with Crippen molar-refractivity contribution in [3.8, 4) is 0 Å². The average Bonchev–Trinajstić information content (AvgIpc) is 2.89. The van der Waals surface area contributed by atoms with Gasteiger partial charge in [0.15, 0.2) is 0 Å². The first-order valence-corrected chi connectivity index (χ1v) is 17.4. The molecule has 0 saturated carbocycles. The summed E-state index contributed by atoms with van der Waals surface area (Å²) in [6.45, 7) is 4.51. The predicted octanol–water partition coefficient (Wildman–Crippen LogP) is 7.67. The molecule has 0 spiro atoms. The Morgan fingerprint density at radius 2 is 1.00 bits per heavy atom. The van der Waals surface area contributed by atoms with Crippen molar-refractivity contribution in [2.75, 3.05) is 0 Å². The molecule has 0 aliphatic rings. The summed E-state index contributed by atoms with van der Waals surface area (Å²) in [5.74, 6) is 0. The standard InChI is InChI=1S/C34H56O3S.Na/c1-3-5-7-9-11-13-15-17-19-21-23-30-25-28-33-32(29-30)27-26-31(34(33)38(35,36)37)24-22-20-18-16-14-12-10-8-6-4-2;/h25-29H,3-24H2,1-2H3,(H,35,36,37);/q;+1/p-1. The van der Waals surface area contributed by atoms with Crippen molar-refractivity contribution in [3.05, 3.63) is 41.5 Å². The Bertz CT molecular complexity index is 1000. The molecule has 39 heavy (non-hydrogen) atoms. The minimum atomic E-state index is -4.52. The van der Waals surface area contributed by atoms with Crippen molar-refractivity contribution in [1.29, 1.82) is 0 Å². The molecule has 0 unspecified atom stereocenters. The van der Waals surface area contributed by atoms with E-state index >= 15 is 0 Å². The molecule has 2 aromatic carbocycles. The maximum Gasteiger partial charge on any atom is 1.00 e. The Hall–Kier alpha value is -0.390. The van der Waals surface area contributed by atoms with Gasteiger partial charge in [-0.2, -0.15) is 0 Å². The largest absolute Gasteiger partial charge is 1.00 e. The zero-order chi connectivity index (χ0) is 27.5. The van der Waals surface area contributed by atoms with Gasteiger partial charge in [0.2, 0.25) is 0 Å². The molecular formula is C34H55NaO3S. The maximum atomic E-state index is 12.2. The molecule has 5 heteroatoms. The van der Waals surface area contributed by atoms with Crippen LogP contribution in [-0.2, 0) is 23.0 Å². The van der Waals surface area contributed by atoms with Gasteiger partial charge in [-0.25, -0.2) is 8.42 Å². The summed E-state index contributed by atoms with van der Waals surface area (Å²) in [4.78, 5) is 0.0106. The molecule has 0 saturated heterocycles. The van der Waals surface area contributed by atoms with Crippen LogP contribution in [0, 0.1) is 0 Å². The fourth-order valence-electron chi connectivity index (χ4n) is 5.66. The number of rotatable bonds is 23. The van der Waals surface area contributed by atoms with Crippen LogP contribution >= 0.6 is 0 Å². The molecule has 2 aromatic rings. The minimum Gasteiger partial charge on any atom is -0.744 e. The van der Waals surface area contributed by atoms with E-state index in [1.165, 1.54) is 115 Å². The Balaban J connectivity index is 0.00000760. The molecule has 0 aromatic heterocycles. The molecule has 0 atom stereocenters. The number of hydrogen-bond acceptors (Lipinski definition) is 3. The summed E-state index contributed by atoms with van der Waals surface area (Å²) in [5.41, 5.74) is 1.92. The van der Waals surface area contributed by atoms with E-state index in [0.29, 0.717) is 17.4 Å². The molecule has 0 aliphatic carbocycles. The molecule has 0 amide bonds. The van der Waals surface area contributed by atoms with Crippen molar-refractivity contribution in [2.45, 2.75) is 160 Å². The Morgan fingerprint density at radius 1 is 0.564 bits per heavy atom. The van der Waals surface area contributed by atoms with Crippen molar-refractivity contribution in [2.24, 2.45) is 0 Å². The van der Waals surface area contributed by atoms with E-state index in [0.717, 1.165) is 31.1 Å². The van der Waals surface area contributed by atoms with Crippen LogP contribution in [-0.4, -0.2) is 13.0 Å². The smallest absolute Gasteiger partial charge is 0.744 e. The summed E-state index contributed by atoms with van der Waals surface area (Å²) >= 11 is 0. The third-order valence-electron chi connectivity index (χ3n) is 7.99. The van der Waals surface area contributed by atoms with Crippen LogP contribution in [0.1, 0.15) is 153 Å². The fourth-order valence-corrected chi connectivity index (χ4v) is 6.61. The molecule has 3 nitrogen and oxygen atoms in total. The second-order valence-corrected chi connectivity index (χ2v) is 12.7. The van der Waals surface area contributed by atoms with Crippen LogP contribution in [0.5, 0.6) is 0 Å². The minimum absolute atomic E-state index is 0. The average molecular weight is 567 g/mol. The molecule has 0 aliphatic heterocycles. The van der Waals surface area contributed by atoms with Crippen molar-refractivity contribution < 1.29 is 42.5 Å². The van der Waals surface area contributed by atoms with E-state index in [1.54, 1.807) is 0 Å². The predicted molar refractivity (Wildman–Crippen MR) is 163 cm³/mol. The molecule has 0 heterocycles. The van der Waals surface area contributed by atoms with Gasteiger partial charge in [-0.15, -0.1) is 0 Å². The summed E-state index contributed by atoms with van der Waals surface area (Å²) in [5, 5.41) is 1.47. The number of unbranched alkanes of at least 4 members (excludes halogenated alkanes) is 18. The van der Waals surface area contributed by atoms with Crippen LogP contribution in [0.15, 0.2) is 35.2 Å². The van der Waals surface area contributed by atoms with Crippen LogP contribution in [0.4, 0.5) is 0 Å². The number of aryl methyl sites for hydroxylation is 2. The molecule has 0 bridgehead atoms. The number of benzene rings is 2. The third kappa shape index (κ3) is 15.4. The Kier molecular flexibility index (Phi) is 20.9. The SMILES string of the molecule is CCCCCCCCCCCCc1ccc2c(S(=O)(=O)[O-])c(CCCCCCCCCCCC)ccc2c1.[Na+]. The molecule has 216 valence electrons. The van der Waals surface area contributed by atoms with Crippen molar-refractivity contribution in [1.82, 2.24) is 0 Å². The molecular weight excluding hydrogens is 511 g/mol. The second kappa shape index (κ2) is 22.2. The van der Waals surface area contributed by atoms with Gasteiger partial charge >= 0.3 is 29.6 Å². The summed E-state index contributed by atoms with van der Waals surface area (Å²) < 4.78 is 36.7. The molecule has 0 N–H and O–H groups in total. The Labute approximate surface area is 263 Å². The monoisotopic (exact) mass is 566 g/mol. The Morgan fingerprint density at radius 3 is 1.46 bits per heavy atom. The molecule has 0 radical (unpaired) electrons. The van der Waals surface area contributed by atoms with Crippen LogP contribution in [0.25, 0.3) is 10.8 Å². The van der Waals surface area contributed by atoms with Gasteiger partial charge in [-0.05, 0) is 47.6 Å². The van der Waals surface area contributed by atoms with E-state index in [2.05, 4.69) is 19.9 Å². The molecule has 0 fully saturated rings. The quantitative estimate of drug-likeness (QED) is 0.0788. The summed E-state index contributed by atoms with van der Waals surface area (Å²) in [6, 6.07) is 9.87. The van der Waals surface area contributed by atoms with Crippen LogP contribution in [0.2, 0.25) is 0 Å². The third-order valence-corrected chi connectivity index (χ3v) is 8.97. The van der Waals surface area contributed by atoms with Crippen LogP contribution in [0.3, 0.4) is 0 Å². The molecule has 2 rings (SSSR count). The van der Waals surface area contributed by atoms with Crippen molar-refractivity contribution in [3.63, 3.8) is 0 Å². The zero-order valence-corrected chi connectivity index (χ0v) is 28.4. The topological polar surface area (TPSA) is 57.2 Å². The number of fused-ring (bicyclic) bond motifs is 1.